The Morgan fingerprint density at radius 2 is 2.47 bits per heavy atom. The lowest BCUT2D eigenvalue weighted by Crippen LogP contribution is -2.44. The summed E-state index contributed by atoms with van der Waals surface area (Å²) in [7, 11) is 1.16. The standard InChI is InChI=1S/C7H10N4O4/c1-15-7(14)5(3-12)9-6(13)4-2-8-11-10-4/h2,5,12H,3H2,1H3,(H,9,13)(H,8,10,11). The summed E-state index contributed by atoms with van der Waals surface area (Å²) in [4.78, 5) is 22.4. The third kappa shape index (κ3) is 2.74. The zero-order valence-electron chi connectivity index (χ0n) is 7.93. The molecule has 3 N–H and O–H groups in total. The van der Waals surface area contributed by atoms with Gasteiger partial charge in [0.1, 0.15) is 0 Å². The van der Waals surface area contributed by atoms with Crippen LogP contribution in [0.1, 0.15) is 10.5 Å². The van der Waals surface area contributed by atoms with Gasteiger partial charge in [-0.25, -0.2) is 4.79 Å². The highest BCUT2D eigenvalue weighted by atomic mass is 16.5. The van der Waals surface area contributed by atoms with Gasteiger partial charge in [-0.1, -0.05) is 0 Å². The van der Waals surface area contributed by atoms with Gasteiger partial charge >= 0.3 is 5.97 Å². The second-order valence-corrected chi connectivity index (χ2v) is 2.59. The van der Waals surface area contributed by atoms with Gasteiger partial charge < -0.3 is 15.2 Å². The van der Waals surface area contributed by atoms with Crippen LogP contribution in [0.25, 0.3) is 0 Å². The Kier molecular flexibility index (Phi) is 3.75. The van der Waals surface area contributed by atoms with Crippen molar-refractivity contribution in [1.29, 1.82) is 0 Å². The van der Waals surface area contributed by atoms with E-state index in [1.54, 1.807) is 0 Å². The van der Waals surface area contributed by atoms with Gasteiger partial charge in [0.25, 0.3) is 5.91 Å². The number of nitrogens with one attached hydrogen (secondary N) is 2. The largest absolute Gasteiger partial charge is 0.467 e. The van der Waals surface area contributed by atoms with E-state index in [1.807, 2.05) is 0 Å². The van der Waals surface area contributed by atoms with E-state index in [9.17, 15) is 9.59 Å². The lowest BCUT2D eigenvalue weighted by Gasteiger charge is -2.12. The monoisotopic (exact) mass is 214 g/mol. The molecule has 0 bridgehead atoms. The fourth-order valence-electron chi connectivity index (χ4n) is 0.865. The summed E-state index contributed by atoms with van der Waals surface area (Å²) in [6.07, 6.45) is 1.20. The molecule has 0 saturated heterocycles. The summed E-state index contributed by atoms with van der Waals surface area (Å²) in [5.41, 5.74) is 0.0253. The summed E-state index contributed by atoms with van der Waals surface area (Å²) in [5.74, 6) is -1.34. The van der Waals surface area contributed by atoms with E-state index in [-0.39, 0.29) is 5.69 Å². The molecular formula is C7H10N4O4. The number of H-pyrrole nitrogens is 1. The number of nitrogens with zero attached hydrogens (tertiary/aromatic N) is 2. The highest BCUT2D eigenvalue weighted by molar-refractivity contribution is 5.94. The Balaban J connectivity index is 2.60. The Morgan fingerprint density at radius 1 is 1.73 bits per heavy atom. The van der Waals surface area contributed by atoms with Gasteiger partial charge in [0, 0.05) is 0 Å². The van der Waals surface area contributed by atoms with Crippen LogP contribution >= 0.6 is 0 Å². The highest BCUT2D eigenvalue weighted by Crippen LogP contribution is 1.92. The van der Waals surface area contributed by atoms with E-state index in [4.69, 9.17) is 5.11 Å². The average molecular weight is 214 g/mol. The van der Waals surface area contributed by atoms with Gasteiger partial charge in [0.2, 0.25) is 0 Å². The minimum atomic E-state index is -1.10. The second-order valence-electron chi connectivity index (χ2n) is 2.59. The second kappa shape index (κ2) is 5.05. The number of esters is 1. The minimum absolute atomic E-state index is 0.0253. The maximum absolute atomic E-state index is 11.3. The lowest BCUT2D eigenvalue weighted by atomic mass is 10.3. The summed E-state index contributed by atoms with van der Waals surface area (Å²) >= 11 is 0. The predicted molar refractivity (Wildman–Crippen MR) is 46.7 cm³/mol. The van der Waals surface area contributed by atoms with E-state index in [0.29, 0.717) is 0 Å². The highest BCUT2D eigenvalue weighted by Gasteiger charge is 2.21. The van der Waals surface area contributed by atoms with E-state index in [1.165, 1.54) is 6.20 Å². The van der Waals surface area contributed by atoms with Crippen molar-refractivity contribution >= 4 is 11.9 Å². The molecule has 15 heavy (non-hydrogen) atoms. The summed E-state index contributed by atoms with van der Waals surface area (Å²) in [6, 6.07) is -1.10. The molecule has 1 unspecified atom stereocenters. The molecule has 0 aromatic carbocycles. The lowest BCUT2D eigenvalue weighted by molar-refractivity contribution is -0.143. The van der Waals surface area contributed by atoms with Crippen LogP contribution in [-0.4, -0.2) is 52.2 Å². The maximum atomic E-state index is 11.3. The smallest absolute Gasteiger partial charge is 0.330 e. The normalized spacial score (nSPS) is 11.9. The zero-order valence-corrected chi connectivity index (χ0v) is 7.93. The van der Waals surface area contributed by atoms with E-state index < -0.39 is 24.5 Å². The van der Waals surface area contributed by atoms with Gasteiger partial charge in [0.05, 0.1) is 19.9 Å². The van der Waals surface area contributed by atoms with E-state index in [2.05, 4.69) is 25.5 Å². The van der Waals surface area contributed by atoms with Gasteiger partial charge in [-0.3, -0.25) is 4.79 Å². The molecule has 1 atom stereocenters. The van der Waals surface area contributed by atoms with E-state index >= 15 is 0 Å². The summed E-state index contributed by atoms with van der Waals surface area (Å²) in [5, 5.41) is 20.2. The van der Waals surface area contributed by atoms with Crippen molar-refractivity contribution in [2.45, 2.75) is 6.04 Å². The third-order valence-corrected chi connectivity index (χ3v) is 1.62. The fraction of sp³-hybridized carbons (Fsp3) is 0.429. The van der Waals surface area contributed by atoms with Crippen molar-refractivity contribution in [3.63, 3.8) is 0 Å². The van der Waals surface area contributed by atoms with Crippen molar-refractivity contribution in [2.24, 2.45) is 0 Å². The van der Waals surface area contributed by atoms with Crippen molar-refractivity contribution < 1.29 is 19.4 Å². The Hall–Kier alpha value is -1.96. The van der Waals surface area contributed by atoms with Crippen LogP contribution in [0.4, 0.5) is 0 Å². The van der Waals surface area contributed by atoms with E-state index in [0.717, 1.165) is 7.11 Å². The summed E-state index contributed by atoms with van der Waals surface area (Å²) < 4.78 is 4.36. The number of aromatic nitrogens is 3. The summed E-state index contributed by atoms with van der Waals surface area (Å²) in [6.45, 7) is -0.545. The number of hydrogen-bond donors (Lipinski definition) is 3. The number of methoxy groups -OCH3 is 1. The van der Waals surface area contributed by atoms with Crippen molar-refractivity contribution in [3.8, 4) is 0 Å². The molecule has 0 aliphatic heterocycles. The average Bonchev–Trinajstić information content (AvgIpc) is 2.77. The van der Waals surface area contributed by atoms with Crippen molar-refractivity contribution in [2.75, 3.05) is 13.7 Å². The molecule has 0 radical (unpaired) electrons. The van der Waals surface area contributed by atoms with Crippen LogP contribution in [0.5, 0.6) is 0 Å². The molecule has 0 fully saturated rings. The van der Waals surface area contributed by atoms with Gasteiger partial charge in [-0.15, -0.1) is 0 Å². The quantitative estimate of drug-likeness (QED) is 0.502. The van der Waals surface area contributed by atoms with Crippen LogP contribution in [0.2, 0.25) is 0 Å². The topological polar surface area (TPSA) is 117 Å². The first-order valence-electron chi connectivity index (χ1n) is 4.04. The number of aromatic amines is 1. The molecule has 8 nitrogen and oxygen atoms in total. The third-order valence-electron chi connectivity index (χ3n) is 1.62. The molecule has 8 heteroatoms. The number of carbonyl (C=O) groups is 2. The van der Waals surface area contributed by atoms with Gasteiger partial charge in [0.15, 0.2) is 11.7 Å². The number of carbonyl (C=O) groups excluding carboxylic acids is 2. The molecule has 1 aromatic heterocycles. The van der Waals surface area contributed by atoms with Crippen LogP contribution in [0, 0.1) is 0 Å². The molecule has 0 spiro atoms. The first-order chi connectivity index (χ1) is 7.19. The Labute approximate surface area is 84.6 Å². The SMILES string of the molecule is COC(=O)C(CO)NC(=O)c1cn[nH]n1. The molecule has 1 rings (SSSR count). The molecule has 1 heterocycles. The minimum Gasteiger partial charge on any atom is -0.467 e. The molecule has 1 amide bonds. The molecule has 0 aliphatic rings. The van der Waals surface area contributed by atoms with Crippen LogP contribution in [0.3, 0.4) is 0 Å². The fourth-order valence-corrected chi connectivity index (χ4v) is 0.865. The molecule has 0 aliphatic carbocycles. The Morgan fingerprint density at radius 3 is 2.93 bits per heavy atom. The van der Waals surface area contributed by atoms with Crippen LogP contribution in [-0.2, 0) is 9.53 Å². The molecule has 1 aromatic rings. The Bertz CT molecular complexity index is 337. The van der Waals surface area contributed by atoms with Gasteiger partial charge in [-0.05, 0) is 0 Å². The predicted octanol–water partition coefficient (Wildman–Crippen LogP) is -1.93. The van der Waals surface area contributed by atoms with Crippen LogP contribution < -0.4 is 5.32 Å². The molecule has 0 saturated carbocycles. The zero-order chi connectivity index (χ0) is 11.3. The van der Waals surface area contributed by atoms with Crippen molar-refractivity contribution in [1.82, 2.24) is 20.7 Å². The number of aliphatic hydroxyl groups is 1. The number of rotatable bonds is 4. The maximum Gasteiger partial charge on any atom is 0.330 e. The number of hydrogen-bond acceptors (Lipinski definition) is 6. The number of ether oxygens (including phenoxy) is 1. The first-order valence-corrected chi connectivity index (χ1v) is 4.04. The van der Waals surface area contributed by atoms with Crippen LogP contribution in [0.15, 0.2) is 6.20 Å². The molecule has 82 valence electrons. The molecular weight excluding hydrogens is 204 g/mol. The first kappa shape index (κ1) is 11.1. The number of aliphatic hydroxyl groups excluding tert-OH is 1. The number of amides is 1. The van der Waals surface area contributed by atoms with Gasteiger partial charge in [-0.2, -0.15) is 15.4 Å². The van der Waals surface area contributed by atoms with Crippen molar-refractivity contribution in [3.05, 3.63) is 11.9 Å².